The number of hydrogen-bond acceptors (Lipinski definition) is 4. The molecule has 7 heteroatoms. The third-order valence-corrected chi connectivity index (χ3v) is 5.15. The van der Waals surface area contributed by atoms with E-state index in [2.05, 4.69) is 0 Å². The molecule has 0 N–H and O–H groups in total. The van der Waals surface area contributed by atoms with E-state index >= 15 is 0 Å². The van der Waals surface area contributed by atoms with Crippen LogP contribution >= 0.6 is 11.3 Å². The second-order valence-corrected chi connectivity index (χ2v) is 6.71. The van der Waals surface area contributed by atoms with Crippen LogP contribution in [0.2, 0.25) is 0 Å². The first kappa shape index (κ1) is 16.2. The molecule has 0 atom stereocenters. The van der Waals surface area contributed by atoms with Crippen LogP contribution in [0.4, 0.5) is 0 Å². The Morgan fingerprint density at radius 1 is 1.12 bits per heavy atom. The molecule has 0 unspecified atom stereocenters. The van der Waals surface area contributed by atoms with Crippen LogP contribution in [0.25, 0.3) is 10.2 Å². The molecular weight excluding hydrogens is 326 g/mol. The van der Waals surface area contributed by atoms with Gasteiger partial charge in [-0.05, 0) is 11.6 Å². The Balaban J connectivity index is 1.99. The maximum absolute atomic E-state index is 12.7. The van der Waals surface area contributed by atoms with Gasteiger partial charge >= 0.3 is 5.69 Å². The number of hydrogen-bond donors (Lipinski definition) is 0. The van der Waals surface area contributed by atoms with Crippen molar-refractivity contribution < 1.29 is 4.79 Å². The zero-order chi connectivity index (χ0) is 17.4. The highest BCUT2D eigenvalue weighted by Crippen LogP contribution is 2.23. The molecule has 1 aromatic carbocycles. The van der Waals surface area contributed by atoms with Crippen molar-refractivity contribution in [1.82, 2.24) is 14.0 Å². The molecule has 24 heavy (non-hydrogen) atoms. The second-order valence-electron chi connectivity index (χ2n) is 5.68. The molecule has 6 nitrogen and oxygen atoms in total. The lowest BCUT2D eigenvalue weighted by atomic mass is 10.2. The van der Waals surface area contributed by atoms with Crippen molar-refractivity contribution in [1.29, 1.82) is 0 Å². The zero-order valence-corrected chi connectivity index (χ0v) is 14.5. The van der Waals surface area contributed by atoms with Gasteiger partial charge in [0.1, 0.15) is 4.83 Å². The minimum atomic E-state index is -0.397. The van der Waals surface area contributed by atoms with Crippen molar-refractivity contribution in [2.75, 3.05) is 7.05 Å². The molecular formula is C17H17N3O3S. The van der Waals surface area contributed by atoms with Gasteiger partial charge in [0, 0.05) is 27.7 Å². The van der Waals surface area contributed by atoms with Crippen LogP contribution in [0, 0.1) is 0 Å². The van der Waals surface area contributed by atoms with Gasteiger partial charge < -0.3 is 4.90 Å². The molecule has 3 rings (SSSR count). The average Bonchev–Trinajstić information content (AvgIpc) is 3.03. The van der Waals surface area contributed by atoms with E-state index in [1.807, 2.05) is 30.3 Å². The highest BCUT2D eigenvalue weighted by Gasteiger charge is 2.19. The standard InChI is InChI=1S/C17H17N3O3S/c1-18(10-11-7-5-4-6-8-11)15(22)13-9-12-14(21)19(2)17(23)20(3)16(12)24-13/h4-9H,10H2,1-3H3. The van der Waals surface area contributed by atoms with Gasteiger partial charge in [0.15, 0.2) is 0 Å². The molecule has 0 radical (unpaired) electrons. The number of amides is 1. The minimum absolute atomic E-state index is 0.172. The molecule has 0 aliphatic heterocycles. The molecule has 2 heterocycles. The molecule has 0 fully saturated rings. The predicted octanol–water partition coefficient (Wildman–Crippen LogP) is 1.57. The van der Waals surface area contributed by atoms with E-state index < -0.39 is 5.69 Å². The van der Waals surface area contributed by atoms with E-state index in [9.17, 15) is 14.4 Å². The number of carbonyl (C=O) groups excluding carboxylic acids is 1. The fraction of sp³-hybridized carbons (Fsp3) is 0.235. The zero-order valence-electron chi connectivity index (χ0n) is 13.6. The van der Waals surface area contributed by atoms with Crippen molar-refractivity contribution in [3.8, 4) is 0 Å². The molecule has 3 aromatic rings. The summed E-state index contributed by atoms with van der Waals surface area (Å²) >= 11 is 1.17. The fourth-order valence-corrected chi connectivity index (χ4v) is 3.69. The normalized spacial score (nSPS) is 11.0. The van der Waals surface area contributed by atoms with Crippen molar-refractivity contribution in [2.45, 2.75) is 6.54 Å². The third kappa shape index (κ3) is 2.67. The van der Waals surface area contributed by atoms with Gasteiger partial charge in [-0.25, -0.2) is 4.79 Å². The molecule has 0 spiro atoms. The lowest BCUT2D eigenvalue weighted by Crippen LogP contribution is -2.36. The molecule has 1 amide bonds. The van der Waals surface area contributed by atoms with Crippen LogP contribution in [0.1, 0.15) is 15.2 Å². The first-order valence-electron chi connectivity index (χ1n) is 7.39. The number of thiophene rings is 1. The molecule has 0 saturated carbocycles. The first-order chi connectivity index (χ1) is 11.4. The van der Waals surface area contributed by atoms with Crippen molar-refractivity contribution in [3.05, 3.63) is 67.7 Å². The molecule has 124 valence electrons. The van der Waals surface area contributed by atoms with Gasteiger partial charge in [-0.1, -0.05) is 30.3 Å². The van der Waals surface area contributed by atoms with Crippen LogP contribution in [0.5, 0.6) is 0 Å². The summed E-state index contributed by atoms with van der Waals surface area (Å²) in [5, 5.41) is 0.390. The maximum Gasteiger partial charge on any atom is 0.331 e. The minimum Gasteiger partial charge on any atom is -0.337 e. The summed E-state index contributed by atoms with van der Waals surface area (Å²) in [6.07, 6.45) is 0. The van der Waals surface area contributed by atoms with Gasteiger partial charge in [-0.3, -0.25) is 18.7 Å². The Morgan fingerprint density at radius 3 is 2.46 bits per heavy atom. The number of aryl methyl sites for hydroxylation is 1. The van der Waals surface area contributed by atoms with Crippen LogP contribution in [0.3, 0.4) is 0 Å². The smallest absolute Gasteiger partial charge is 0.331 e. The molecule has 0 aliphatic rings. The van der Waals surface area contributed by atoms with Crippen LogP contribution in [0.15, 0.2) is 46.0 Å². The SMILES string of the molecule is CN(Cc1ccccc1)C(=O)c1cc2c(=O)n(C)c(=O)n(C)c2s1. The predicted molar refractivity (Wildman–Crippen MR) is 94.5 cm³/mol. The summed E-state index contributed by atoms with van der Waals surface area (Å²) in [5.41, 5.74) is 0.248. The number of carbonyl (C=O) groups is 1. The van der Waals surface area contributed by atoms with Crippen LogP contribution < -0.4 is 11.2 Å². The van der Waals surface area contributed by atoms with Gasteiger partial charge in [0.2, 0.25) is 0 Å². The molecule has 0 bridgehead atoms. The fourth-order valence-electron chi connectivity index (χ4n) is 2.59. The summed E-state index contributed by atoms with van der Waals surface area (Å²) in [4.78, 5) is 39.4. The molecule has 0 saturated heterocycles. The summed E-state index contributed by atoms with van der Waals surface area (Å²) in [5.74, 6) is -0.172. The Kier molecular flexibility index (Phi) is 4.11. The van der Waals surface area contributed by atoms with E-state index in [-0.39, 0.29) is 11.5 Å². The van der Waals surface area contributed by atoms with Gasteiger partial charge in [0.25, 0.3) is 11.5 Å². The number of aromatic nitrogens is 2. The lowest BCUT2D eigenvalue weighted by molar-refractivity contribution is 0.0790. The molecule has 0 aliphatic carbocycles. The van der Waals surface area contributed by atoms with E-state index in [1.54, 1.807) is 25.1 Å². The highest BCUT2D eigenvalue weighted by molar-refractivity contribution is 7.20. The Hall–Kier alpha value is -2.67. The Labute approximate surface area is 142 Å². The number of rotatable bonds is 3. The molecule has 2 aromatic heterocycles. The van der Waals surface area contributed by atoms with Crippen molar-refractivity contribution in [3.63, 3.8) is 0 Å². The Morgan fingerprint density at radius 2 is 1.79 bits per heavy atom. The van der Waals surface area contributed by atoms with Gasteiger partial charge in [0.05, 0.1) is 10.3 Å². The van der Waals surface area contributed by atoms with Crippen molar-refractivity contribution >= 4 is 27.5 Å². The largest absolute Gasteiger partial charge is 0.337 e. The number of nitrogens with zero attached hydrogens (tertiary/aromatic N) is 3. The summed E-state index contributed by atoms with van der Waals surface area (Å²) in [7, 11) is 4.75. The third-order valence-electron chi connectivity index (χ3n) is 3.95. The van der Waals surface area contributed by atoms with E-state index in [4.69, 9.17) is 0 Å². The Bertz CT molecular complexity index is 1030. The van der Waals surface area contributed by atoms with Crippen molar-refractivity contribution in [2.24, 2.45) is 14.1 Å². The van der Waals surface area contributed by atoms with Gasteiger partial charge in [-0.15, -0.1) is 11.3 Å². The summed E-state index contributed by atoms with van der Waals surface area (Å²) in [6.45, 7) is 0.477. The quantitative estimate of drug-likeness (QED) is 0.725. The maximum atomic E-state index is 12.7. The van der Waals surface area contributed by atoms with Gasteiger partial charge in [-0.2, -0.15) is 0 Å². The topological polar surface area (TPSA) is 64.3 Å². The number of fused-ring (bicyclic) bond motifs is 1. The lowest BCUT2D eigenvalue weighted by Gasteiger charge is -2.16. The first-order valence-corrected chi connectivity index (χ1v) is 8.20. The monoisotopic (exact) mass is 343 g/mol. The summed E-state index contributed by atoms with van der Waals surface area (Å²) < 4.78 is 2.45. The van der Waals surface area contributed by atoms with E-state index in [1.165, 1.54) is 23.0 Å². The van der Waals surface area contributed by atoms with Crippen LogP contribution in [-0.4, -0.2) is 27.0 Å². The summed E-state index contributed by atoms with van der Waals surface area (Å²) in [6, 6.07) is 11.3. The van der Waals surface area contributed by atoms with E-state index in [0.717, 1.165) is 10.1 Å². The van der Waals surface area contributed by atoms with Crippen LogP contribution in [-0.2, 0) is 20.6 Å². The highest BCUT2D eigenvalue weighted by atomic mass is 32.1. The average molecular weight is 343 g/mol. The number of benzene rings is 1. The van der Waals surface area contributed by atoms with E-state index in [0.29, 0.717) is 21.6 Å². The second kappa shape index (κ2) is 6.09.